The first-order chi connectivity index (χ1) is 10.1. The van der Waals surface area contributed by atoms with Gasteiger partial charge in [0.25, 0.3) is 0 Å². The van der Waals surface area contributed by atoms with Gasteiger partial charge in [0.1, 0.15) is 11.6 Å². The van der Waals surface area contributed by atoms with E-state index in [9.17, 15) is 4.39 Å². The fourth-order valence-corrected chi connectivity index (χ4v) is 2.67. The Morgan fingerprint density at radius 1 is 1.29 bits per heavy atom. The van der Waals surface area contributed by atoms with Crippen molar-refractivity contribution in [2.45, 2.75) is 13.0 Å². The molecule has 1 N–H and O–H groups in total. The van der Waals surface area contributed by atoms with Gasteiger partial charge >= 0.3 is 0 Å². The molecule has 2 aromatic carbocycles. The number of hydrogen-bond acceptors (Lipinski definition) is 2. The zero-order valence-corrected chi connectivity index (χ0v) is 14.1. The average molecular weight is 373 g/mol. The van der Waals surface area contributed by atoms with Crippen molar-refractivity contribution in [3.63, 3.8) is 0 Å². The molecule has 0 aliphatic heterocycles. The van der Waals surface area contributed by atoms with Gasteiger partial charge in [0, 0.05) is 10.0 Å². The van der Waals surface area contributed by atoms with Crippen LogP contribution in [0.25, 0.3) is 0 Å². The van der Waals surface area contributed by atoms with E-state index in [1.807, 2.05) is 25.1 Å². The van der Waals surface area contributed by atoms with Gasteiger partial charge in [0.2, 0.25) is 0 Å². The van der Waals surface area contributed by atoms with Gasteiger partial charge in [-0.3, -0.25) is 0 Å². The molecule has 2 aromatic rings. The van der Waals surface area contributed by atoms with Gasteiger partial charge in [-0.25, -0.2) is 4.39 Å². The van der Waals surface area contributed by atoms with Crippen LogP contribution in [0.1, 0.15) is 24.1 Å². The van der Waals surface area contributed by atoms with E-state index < -0.39 is 0 Å². The van der Waals surface area contributed by atoms with Crippen molar-refractivity contribution in [3.8, 4) is 5.75 Å². The Hall–Kier alpha value is -1.10. The Balaban J connectivity index is 2.52. The summed E-state index contributed by atoms with van der Waals surface area (Å²) in [4.78, 5) is 0. The van der Waals surface area contributed by atoms with Gasteiger partial charge in [-0.1, -0.05) is 24.6 Å². The summed E-state index contributed by atoms with van der Waals surface area (Å²) < 4.78 is 19.8. The molecule has 0 bridgehead atoms. The maximum absolute atomic E-state index is 13.6. The van der Waals surface area contributed by atoms with E-state index in [2.05, 4.69) is 21.2 Å². The minimum Gasteiger partial charge on any atom is -0.496 e. The minimum atomic E-state index is -0.295. The highest BCUT2D eigenvalue weighted by Crippen LogP contribution is 2.33. The fraction of sp³-hybridized carbons (Fsp3) is 0.250. The number of ether oxygens (including phenoxy) is 1. The predicted octanol–water partition coefficient (Wildman–Crippen LogP) is 4.95. The summed E-state index contributed by atoms with van der Waals surface area (Å²) in [5, 5.41) is 3.96. The van der Waals surface area contributed by atoms with E-state index in [1.54, 1.807) is 13.2 Å². The summed E-state index contributed by atoms with van der Waals surface area (Å²) in [5.74, 6) is 0.346. The van der Waals surface area contributed by atoms with Crippen molar-refractivity contribution in [1.82, 2.24) is 5.32 Å². The zero-order valence-electron chi connectivity index (χ0n) is 11.8. The molecule has 21 heavy (non-hydrogen) atoms. The molecule has 0 fully saturated rings. The van der Waals surface area contributed by atoms with Crippen LogP contribution in [0.5, 0.6) is 5.75 Å². The van der Waals surface area contributed by atoms with Gasteiger partial charge in [-0.2, -0.15) is 0 Å². The lowest BCUT2D eigenvalue weighted by molar-refractivity contribution is 0.402. The molecule has 0 aliphatic rings. The van der Waals surface area contributed by atoms with Crippen LogP contribution in [0, 0.1) is 5.82 Å². The first-order valence-electron chi connectivity index (χ1n) is 6.58. The van der Waals surface area contributed by atoms with Crippen molar-refractivity contribution in [2.24, 2.45) is 0 Å². The summed E-state index contributed by atoms with van der Waals surface area (Å²) in [5.41, 5.74) is 1.70. The van der Waals surface area contributed by atoms with Crippen molar-refractivity contribution < 1.29 is 9.13 Å². The monoisotopic (exact) mass is 371 g/mol. The maximum Gasteiger partial charge on any atom is 0.124 e. The van der Waals surface area contributed by atoms with Gasteiger partial charge < -0.3 is 10.1 Å². The van der Waals surface area contributed by atoms with Crippen molar-refractivity contribution in [2.75, 3.05) is 13.7 Å². The van der Waals surface area contributed by atoms with Gasteiger partial charge in [0.05, 0.1) is 18.2 Å². The molecule has 0 amide bonds. The largest absolute Gasteiger partial charge is 0.496 e. The van der Waals surface area contributed by atoms with Crippen LogP contribution in [-0.4, -0.2) is 13.7 Å². The standard InChI is InChI=1S/C16H16BrClFNO/c1-3-20-16(10-4-6-13(17)14(18)8-10)12-9-11(19)5-7-15(12)21-2/h4-9,16,20H,3H2,1-2H3. The van der Waals surface area contributed by atoms with Crippen LogP contribution in [0.4, 0.5) is 4.39 Å². The van der Waals surface area contributed by atoms with Gasteiger partial charge in [0.15, 0.2) is 0 Å². The smallest absolute Gasteiger partial charge is 0.124 e. The zero-order chi connectivity index (χ0) is 15.4. The Morgan fingerprint density at radius 2 is 2.05 bits per heavy atom. The Morgan fingerprint density at radius 3 is 2.67 bits per heavy atom. The molecule has 0 radical (unpaired) electrons. The van der Waals surface area contributed by atoms with E-state index in [0.29, 0.717) is 10.8 Å². The molecule has 0 aliphatic carbocycles. The quantitative estimate of drug-likeness (QED) is 0.802. The summed E-state index contributed by atoms with van der Waals surface area (Å²) in [6.45, 7) is 2.73. The molecular weight excluding hydrogens is 357 g/mol. The van der Waals surface area contributed by atoms with Crippen LogP contribution in [0.15, 0.2) is 40.9 Å². The molecular formula is C16H16BrClFNO. The third-order valence-corrected chi connectivity index (χ3v) is 4.42. The van der Waals surface area contributed by atoms with Crippen molar-refractivity contribution >= 4 is 27.5 Å². The lowest BCUT2D eigenvalue weighted by Gasteiger charge is -2.21. The topological polar surface area (TPSA) is 21.3 Å². The Bertz CT molecular complexity index is 636. The predicted molar refractivity (Wildman–Crippen MR) is 87.6 cm³/mol. The van der Waals surface area contributed by atoms with E-state index in [-0.39, 0.29) is 11.9 Å². The second kappa shape index (κ2) is 7.25. The van der Waals surface area contributed by atoms with Crippen LogP contribution in [-0.2, 0) is 0 Å². The molecule has 0 saturated heterocycles. The SMILES string of the molecule is CCNC(c1ccc(Br)c(Cl)c1)c1cc(F)ccc1OC. The highest BCUT2D eigenvalue weighted by atomic mass is 79.9. The third kappa shape index (κ3) is 3.76. The molecule has 0 spiro atoms. The van der Waals surface area contributed by atoms with E-state index in [1.165, 1.54) is 12.1 Å². The van der Waals surface area contributed by atoms with E-state index >= 15 is 0 Å². The summed E-state index contributed by atoms with van der Waals surface area (Å²) >= 11 is 9.55. The molecule has 1 unspecified atom stereocenters. The minimum absolute atomic E-state index is 0.189. The second-order valence-electron chi connectivity index (χ2n) is 4.55. The van der Waals surface area contributed by atoms with Crippen LogP contribution < -0.4 is 10.1 Å². The first-order valence-corrected chi connectivity index (χ1v) is 7.75. The molecule has 5 heteroatoms. The molecule has 0 aromatic heterocycles. The van der Waals surface area contributed by atoms with Crippen LogP contribution in [0.2, 0.25) is 5.02 Å². The van der Waals surface area contributed by atoms with Gasteiger partial charge in [-0.15, -0.1) is 0 Å². The highest BCUT2D eigenvalue weighted by molar-refractivity contribution is 9.10. The fourth-order valence-electron chi connectivity index (χ4n) is 2.23. The molecule has 0 heterocycles. The normalized spacial score (nSPS) is 12.2. The number of rotatable bonds is 5. The Kier molecular flexibility index (Phi) is 5.62. The van der Waals surface area contributed by atoms with E-state index in [4.69, 9.17) is 16.3 Å². The van der Waals surface area contributed by atoms with E-state index in [0.717, 1.165) is 22.1 Å². The summed E-state index contributed by atoms with van der Waals surface area (Å²) in [6.07, 6.45) is 0. The molecule has 0 saturated carbocycles. The number of benzene rings is 2. The number of halogens is 3. The van der Waals surface area contributed by atoms with Gasteiger partial charge in [-0.05, 0) is 58.4 Å². The lowest BCUT2D eigenvalue weighted by atomic mass is 9.97. The summed E-state index contributed by atoms with van der Waals surface area (Å²) in [7, 11) is 1.58. The second-order valence-corrected chi connectivity index (χ2v) is 5.81. The number of methoxy groups -OCH3 is 1. The highest BCUT2D eigenvalue weighted by Gasteiger charge is 2.19. The van der Waals surface area contributed by atoms with Crippen molar-refractivity contribution in [1.29, 1.82) is 0 Å². The van der Waals surface area contributed by atoms with Crippen LogP contribution >= 0.6 is 27.5 Å². The average Bonchev–Trinajstić information content (AvgIpc) is 2.48. The third-order valence-electron chi connectivity index (χ3n) is 3.19. The number of nitrogens with one attached hydrogen (secondary N) is 1. The van der Waals surface area contributed by atoms with Crippen LogP contribution in [0.3, 0.4) is 0 Å². The van der Waals surface area contributed by atoms with Crippen molar-refractivity contribution in [3.05, 3.63) is 62.8 Å². The first kappa shape index (κ1) is 16.3. The number of hydrogen-bond donors (Lipinski definition) is 1. The lowest BCUT2D eigenvalue weighted by Crippen LogP contribution is -2.22. The molecule has 2 rings (SSSR count). The molecule has 1 atom stereocenters. The molecule has 112 valence electrons. The molecule has 2 nitrogen and oxygen atoms in total. The maximum atomic E-state index is 13.6. The Labute approximate surface area is 137 Å². The summed E-state index contributed by atoms with van der Waals surface area (Å²) in [6, 6.07) is 10.0.